The van der Waals surface area contributed by atoms with Gasteiger partial charge in [-0.05, 0) is 48.6 Å². The zero-order valence-electron chi connectivity index (χ0n) is 15.3. The van der Waals surface area contributed by atoms with Crippen LogP contribution in [-0.4, -0.2) is 45.1 Å². The summed E-state index contributed by atoms with van der Waals surface area (Å²) in [6.45, 7) is 3.97. The molecule has 0 aliphatic carbocycles. The van der Waals surface area contributed by atoms with Crippen LogP contribution in [-0.2, 0) is 4.74 Å². The van der Waals surface area contributed by atoms with Gasteiger partial charge in [-0.2, -0.15) is 0 Å². The molecule has 0 saturated carbocycles. The fourth-order valence-electron chi connectivity index (χ4n) is 3.22. The number of benzene rings is 2. The predicted molar refractivity (Wildman–Crippen MR) is 108 cm³/mol. The summed E-state index contributed by atoms with van der Waals surface area (Å²) in [5.74, 6) is 0.575. The van der Waals surface area contributed by atoms with Gasteiger partial charge in [0.2, 0.25) is 0 Å². The van der Waals surface area contributed by atoms with Crippen LogP contribution < -0.4 is 20.3 Å². The van der Waals surface area contributed by atoms with Gasteiger partial charge in [-0.1, -0.05) is 12.1 Å². The van der Waals surface area contributed by atoms with Crippen molar-refractivity contribution >= 4 is 23.0 Å². The summed E-state index contributed by atoms with van der Waals surface area (Å²) >= 11 is 5.44. The highest BCUT2D eigenvalue weighted by atomic mass is 32.1. The van der Waals surface area contributed by atoms with E-state index in [4.69, 9.17) is 21.7 Å². The maximum Gasteiger partial charge on any atom is 0.171 e. The minimum absolute atomic E-state index is 0.171. The molecule has 2 aromatic carbocycles. The topological polar surface area (TPSA) is 47.0 Å². The van der Waals surface area contributed by atoms with Crippen molar-refractivity contribution in [3.05, 3.63) is 59.9 Å². The number of hydrogen-bond donors (Lipinski definition) is 3. The van der Waals surface area contributed by atoms with Gasteiger partial charge in [0, 0.05) is 11.3 Å². The SMILES string of the molecule is COc1ccc(NC(=S)NC[C@@H](c2ccc(F)cc2)[NH+]2CCOCC2)cc1. The number of anilines is 1. The first-order valence-electron chi connectivity index (χ1n) is 9.02. The smallest absolute Gasteiger partial charge is 0.171 e. The van der Waals surface area contributed by atoms with Crippen molar-refractivity contribution in [2.24, 2.45) is 0 Å². The fraction of sp³-hybridized carbons (Fsp3) is 0.350. The molecule has 0 unspecified atom stereocenters. The maximum atomic E-state index is 13.3. The van der Waals surface area contributed by atoms with E-state index in [0.717, 1.165) is 43.3 Å². The molecule has 27 heavy (non-hydrogen) atoms. The highest BCUT2D eigenvalue weighted by Gasteiger charge is 2.26. The van der Waals surface area contributed by atoms with Gasteiger partial charge in [0.15, 0.2) is 5.11 Å². The van der Waals surface area contributed by atoms with Crippen molar-refractivity contribution in [2.45, 2.75) is 6.04 Å². The molecule has 3 N–H and O–H groups in total. The molecule has 1 saturated heterocycles. The largest absolute Gasteiger partial charge is 0.497 e. The molecule has 0 amide bonds. The summed E-state index contributed by atoms with van der Waals surface area (Å²) in [5, 5.41) is 7.04. The Balaban J connectivity index is 1.62. The van der Waals surface area contributed by atoms with Crippen LogP contribution >= 0.6 is 12.2 Å². The van der Waals surface area contributed by atoms with Crippen LogP contribution in [0.3, 0.4) is 0 Å². The second kappa shape index (κ2) is 9.64. The van der Waals surface area contributed by atoms with E-state index in [2.05, 4.69) is 10.6 Å². The van der Waals surface area contributed by atoms with E-state index in [-0.39, 0.29) is 11.9 Å². The zero-order valence-corrected chi connectivity index (χ0v) is 16.2. The number of ether oxygens (including phenoxy) is 2. The molecule has 0 aromatic heterocycles. The van der Waals surface area contributed by atoms with Gasteiger partial charge in [0.05, 0.1) is 26.9 Å². The Hall–Kier alpha value is -2.22. The fourth-order valence-corrected chi connectivity index (χ4v) is 3.42. The van der Waals surface area contributed by atoms with Gasteiger partial charge in [-0.25, -0.2) is 4.39 Å². The number of halogens is 1. The third-order valence-corrected chi connectivity index (χ3v) is 4.96. The third kappa shape index (κ3) is 5.63. The van der Waals surface area contributed by atoms with Crippen LogP contribution in [0.5, 0.6) is 5.75 Å². The summed E-state index contributed by atoms with van der Waals surface area (Å²) in [7, 11) is 1.64. The molecular formula is C20H25FN3O2S+. The second-order valence-corrected chi connectivity index (χ2v) is 6.85. The number of thiocarbonyl (C=S) groups is 1. The zero-order chi connectivity index (χ0) is 19.1. The van der Waals surface area contributed by atoms with Crippen molar-refractivity contribution in [3.8, 4) is 5.75 Å². The molecule has 144 valence electrons. The number of nitrogens with one attached hydrogen (secondary N) is 3. The van der Waals surface area contributed by atoms with E-state index < -0.39 is 0 Å². The Kier molecular flexibility index (Phi) is 6.98. The molecular weight excluding hydrogens is 365 g/mol. The molecule has 1 heterocycles. The Morgan fingerprint density at radius 2 is 1.81 bits per heavy atom. The summed E-state index contributed by atoms with van der Waals surface area (Å²) < 4.78 is 24.0. The van der Waals surface area contributed by atoms with E-state index in [9.17, 15) is 4.39 Å². The maximum absolute atomic E-state index is 13.3. The van der Waals surface area contributed by atoms with E-state index in [1.54, 1.807) is 7.11 Å². The van der Waals surface area contributed by atoms with Gasteiger partial charge in [0.1, 0.15) is 30.7 Å². The summed E-state index contributed by atoms with van der Waals surface area (Å²) in [4.78, 5) is 1.41. The molecule has 5 nitrogen and oxygen atoms in total. The summed E-state index contributed by atoms with van der Waals surface area (Å²) in [6.07, 6.45) is 0. The average molecular weight is 391 g/mol. The third-order valence-electron chi connectivity index (χ3n) is 4.71. The molecule has 1 aliphatic rings. The van der Waals surface area contributed by atoms with Gasteiger partial charge in [0.25, 0.3) is 0 Å². The number of hydrogen-bond acceptors (Lipinski definition) is 3. The lowest BCUT2D eigenvalue weighted by Crippen LogP contribution is -3.15. The summed E-state index contributed by atoms with van der Waals surface area (Å²) in [5.41, 5.74) is 1.98. The first kappa shape index (κ1) is 19.5. The lowest BCUT2D eigenvalue weighted by molar-refractivity contribution is -0.937. The lowest BCUT2D eigenvalue weighted by atomic mass is 10.0. The predicted octanol–water partition coefficient (Wildman–Crippen LogP) is 1.78. The molecule has 0 radical (unpaired) electrons. The van der Waals surface area contributed by atoms with Gasteiger partial charge in [-0.15, -0.1) is 0 Å². The van der Waals surface area contributed by atoms with Crippen molar-refractivity contribution in [1.82, 2.24) is 5.32 Å². The normalized spacial score (nSPS) is 15.8. The number of methoxy groups -OCH3 is 1. The Morgan fingerprint density at radius 3 is 2.44 bits per heavy atom. The standard InChI is InChI=1S/C20H24FN3O2S/c1-25-18-8-6-17(7-9-18)23-20(27)22-14-19(24-10-12-26-13-11-24)15-2-4-16(21)5-3-15/h2-9,19H,10-14H2,1H3,(H2,22,23,27)/p+1/t19-/m0/s1. The molecule has 2 aromatic rings. The molecule has 0 spiro atoms. The molecule has 0 bridgehead atoms. The van der Waals surface area contributed by atoms with Crippen LogP contribution in [0.15, 0.2) is 48.5 Å². The van der Waals surface area contributed by atoms with E-state index in [0.29, 0.717) is 11.7 Å². The Bertz CT molecular complexity index is 734. The van der Waals surface area contributed by atoms with Crippen molar-refractivity contribution in [2.75, 3.05) is 45.3 Å². The number of morpholine rings is 1. The van der Waals surface area contributed by atoms with Crippen LogP contribution in [0.4, 0.5) is 10.1 Å². The quantitative estimate of drug-likeness (QED) is 0.657. The minimum Gasteiger partial charge on any atom is -0.497 e. The molecule has 7 heteroatoms. The van der Waals surface area contributed by atoms with Crippen molar-refractivity contribution < 1.29 is 18.8 Å². The average Bonchev–Trinajstić information content (AvgIpc) is 2.71. The number of quaternary nitrogens is 1. The molecule has 3 rings (SSSR count). The van der Waals surface area contributed by atoms with Gasteiger partial charge >= 0.3 is 0 Å². The van der Waals surface area contributed by atoms with E-state index in [1.807, 2.05) is 36.4 Å². The Labute approximate surface area is 164 Å². The highest BCUT2D eigenvalue weighted by Crippen LogP contribution is 2.15. The van der Waals surface area contributed by atoms with Gasteiger partial charge < -0.3 is 25.0 Å². The van der Waals surface area contributed by atoms with Crippen LogP contribution in [0, 0.1) is 5.82 Å². The van der Waals surface area contributed by atoms with Crippen LogP contribution in [0.2, 0.25) is 0 Å². The van der Waals surface area contributed by atoms with Crippen molar-refractivity contribution in [3.63, 3.8) is 0 Å². The molecule has 1 aliphatic heterocycles. The Morgan fingerprint density at radius 1 is 1.15 bits per heavy atom. The highest BCUT2D eigenvalue weighted by molar-refractivity contribution is 7.80. The van der Waals surface area contributed by atoms with Gasteiger partial charge in [-0.3, -0.25) is 0 Å². The first-order valence-corrected chi connectivity index (χ1v) is 9.43. The first-order chi connectivity index (χ1) is 13.2. The second-order valence-electron chi connectivity index (χ2n) is 6.44. The van der Waals surface area contributed by atoms with E-state index >= 15 is 0 Å². The minimum atomic E-state index is -0.223. The monoisotopic (exact) mass is 390 g/mol. The lowest BCUT2D eigenvalue weighted by Gasteiger charge is -2.32. The molecule has 1 fully saturated rings. The van der Waals surface area contributed by atoms with E-state index in [1.165, 1.54) is 17.0 Å². The van der Waals surface area contributed by atoms with Crippen LogP contribution in [0.1, 0.15) is 11.6 Å². The summed E-state index contributed by atoms with van der Waals surface area (Å²) in [6, 6.07) is 14.5. The molecule has 1 atom stereocenters. The number of rotatable bonds is 6. The van der Waals surface area contributed by atoms with Crippen LogP contribution in [0.25, 0.3) is 0 Å². The van der Waals surface area contributed by atoms with Crippen molar-refractivity contribution in [1.29, 1.82) is 0 Å².